The number of likely N-dealkylation sites (N-methyl/N-ethyl adjacent to an activating group) is 1. The molecule has 1 rings (SSSR count). The summed E-state index contributed by atoms with van der Waals surface area (Å²) in [6.45, 7) is 2.58. The number of hydrogen-bond acceptors (Lipinski definition) is 5. The van der Waals surface area contributed by atoms with Crippen LogP contribution in [0.3, 0.4) is 0 Å². The number of sulfone groups is 1. The fraction of sp³-hybridized carbons (Fsp3) is 1.00. The summed E-state index contributed by atoms with van der Waals surface area (Å²) >= 11 is 1.81. The first kappa shape index (κ1) is 17.3. The lowest BCUT2D eigenvalue weighted by Gasteiger charge is -2.46. The van der Waals surface area contributed by atoms with Gasteiger partial charge in [-0.05, 0) is 32.6 Å². The SMILES string of the molecule is CCC(CSC)N(C)C1(CN)CCCC1S(C)(=O)=O. The predicted molar refractivity (Wildman–Crippen MR) is 84.5 cm³/mol. The van der Waals surface area contributed by atoms with Crippen LogP contribution in [0.1, 0.15) is 32.6 Å². The van der Waals surface area contributed by atoms with Gasteiger partial charge in [-0.15, -0.1) is 0 Å². The molecule has 19 heavy (non-hydrogen) atoms. The van der Waals surface area contributed by atoms with Gasteiger partial charge in [0, 0.05) is 30.1 Å². The molecule has 0 saturated heterocycles. The van der Waals surface area contributed by atoms with Crippen molar-refractivity contribution in [1.29, 1.82) is 0 Å². The minimum absolute atomic E-state index is 0.314. The monoisotopic (exact) mass is 308 g/mol. The third kappa shape index (κ3) is 3.46. The molecule has 1 aliphatic carbocycles. The summed E-state index contributed by atoms with van der Waals surface area (Å²) in [6.07, 6.45) is 7.06. The Morgan fingerprint density at radius 2 is 2.16 bits per heavy atom. The quantitative estimate of drug-likeness (QED) is 0.769. The van der Waals surface area contributed by atoms with Crippen molar-refractivity contribution in [2.75, 3.05) is 31.9 Å². The third-order valence-corrected chi connectivity index (χ3v) is 7.05. The topological polar surface area (TPSA) is 63.4 Å². The second-order valence-corrected chi connectivity index (χ2v) is 8.79. The summed E-state index contributed by atoms with van der Waals surface area (Å²) in [4.78, 5) is 2.27. The van der Waals surface area contributed by atoms with Crippen LogP contribution in [0.2, 0.25) is 0 Å². The summed E-state index contributed by atoms with van der Waals surface area (Å²) in [5.41, 5.74) is 5.66. The molecule has 2 N–H and O–H groups in total. The molecule has 1 fully saturated rings. The van der Waals surface area contributed by atoms with Crippen LogP contribution in [0.4, 0.5) is 0 Å². The molecule has 0 aromatic rings. The third-order valence-electron chi connectivity index (χ3n) is 4.63. The highest BCUT2D eigenvalue weighted by Crippen LogP contribution is 2.39. The summed E-state index contributed by atoms with van der Waals surface area (Å²) in [7, 11) is -0.996. The zero-order valence-electron chi connectivity index (χ0n) is 12.6. The van der Waals surface area contributed by atoms with Gasteiger partial charge in [-0.3, -0.25) is 4.90 Å². The smallest absolute Gasteiger partial charge is 0.152 e. The maximum Gasteiger partial charge on any atom is 0.152 e. The Bertz CT molecular complexity index is 386. The molecule has 1 saturated carbocycles. The zero-order valence-corrected chi connectivity index (χ0v) is 14.2. The van der Waals surface area contributed by atoms with E-state index in [2.05, 4.69) is 25.1 Å². The van der Waals surface area contributed by atoms with Gasteiger partial charge in [0.2, 0.25) is 0 Å². The van der Waals surface area contributed by atoms with Gasteiger partial charge >= 0.3 is 0 Å². The molecular formula is C13H28N2O2S2. The van der Waals surface area contributed by atoms with Crippen LogP contribution in [0, 0.1) is 0 Å². The summed E-state index contributed by atoms with van der Waals surface area (Å²) in [5, 5.41) is -0.314. The van der Waals surface area contributed by atoms with Crippen LogP contribution in [0.15, 0.2) is 0 Å². The van der Waals surface area contributed by atoms with Gasteiger partial charge in [0.05, 0.1) is 5.25 Å². The number of hydrogen-bond donors (Lipinski definition) is 1. The van der Waals surface area contributed by atoms with E-state index in [1.807, 2.05) is 11.8 Å². The number of rotatable bonds is 7. The molecule has 3 unspecified atom stereocenters. The van der Waals surface area contributed by atoms with E-state index in [0.717, 1.165) is 31.4 Å². The minimum atomic E-state index is -3.05. The molecule has 6 heteroatoms. The molecule has 0 spiro atoms. The lowest BCUT2D eigenvalue weighted by molar-refractivity contribution is 0.0922. The summed E-state index contributed by atoms with van der Waals surface area (Å²) in [6, 6.07) is 0.390. The van der Waals surface area contributed by atoms with Crippen LogP contribution < -0.4 is 5.73 Å². The van der Waals surface area contributed by atoms with Crippen LogP contribution in [0.5, 0.6) is 0 Å². The number of nitrogens with zero attached hydrogens (tertiary/aromatic N) is 1. The van der Waals surface area contributed by atoms with Crippen molar-refractivity contribution in [3.63, 3.8) is 0 Å². The van der Waals surface area contributed by atoms with Crippen molar-refractivity contribution in [3.8, 4) is 0 Å². The van der Waals surface area contributed by atoms with E-state index in [9.17, 15) is 8.42 Å². The largest absolute Gasteiger partial charge is 0.329 e. The molecule has 1 aliphatic rings. The van der Waals surface area contributed by atoms with Crippen molar-refractivity contribution >= 4 is 21.6 Å². The molecular weight excluding hydrogens is 280 g/mol. The lowest BCUT2D eigenvalue weighted by Crippen LogP contribution is -2.62. The summed E-state index contributed by atoms with van der Waals surface area (Å²) in [5.74, 6) is 1.02. The van der Waals surface area contributed by atoms with E-state index in [-0.39, 0.29) is 10.8 Å². The van der Waals surface area contributed by atoms with Crippen LogP contribution in [-0.2, 0) is 9.84 Å². The first-order chi connectivity index (χ1) is 8.83. The Morgan fingerprint density at radius 3 is 2.58 bits per heavy atom. The molecule has 0 aromatic carbocycles. The van der Waals surface area contributed by atoms with Gasteiger partial charge in [-0.25, -0.2) is 8.42 Å². The van der Waals surface area contributed by atoms with Gasteiger partial charge in [-0.1, -0.05) is 13.3 Å². The van der Waals surface area contributed by atoms with Gasteiger partial charge in [0.25, 0.3) is 0 Å². The van der Waals surface area contributed by atoms with Gasteiger partial charge in [-0.2, -0.15) is 11.8 Å². The average Bonchev–Trinajstić information content (AvgIpc) is 2.80. The maximum atomic E-state index is 12.1. The molecule has 0 radical (unpaired) electrons. The standard InChI is InChI=1S/C13H28N2O2S2/c1-5-11(9-18-3)15(2)13(10-14)8-6-7-12(13)19(4,16)17/h11-12H,5-10,14H2,1-4H3. The highest BCUT2D eigenvalue weighted by Gasteiger charge is 2.51. The van der Waals surface area contributed by atoms with E-state index in [1.165, 1.54) is 6.26 Å². The van der Waals surface area contributed by atoms with Crippen molar-refractivity contribution in [2.24, 2.45) is 5.73 Å². The molecule has 3 atom stereocenters. The van der Waals surface area contributed by atoms with Gasteiger partial charge in [0.15, 0.2) is 9.84 Å². The average molecular weight is 309 g/mol. The van der Waals surface area contributed by atoms with Crippen LogP contribution >= 0.6 is 11.8 Å². The molecule has 4 nitrogen and oxygen atoms in total. The molecule has 0 aliphatic heterocycles. The first-order valence-corrected chi connectivity index (χ1v) is 10.3. The fourth-order valence-corrected chi connectivity index (χ4v) is 6.09. The second kappa shape index (κ2) is 6.78. The summed E-state index contributed by atoms with van der Waals surface area (Å²) < 4.78 is 24.2. The van der Waals surface area contributed by atoms with Gasteiger partial charge in [0.1, 0.15) is 0 Å². The Hall–Kier alpha value is 0.220. The van der Waals surface area contributed by atoms with E-state index < -0.39 is 9.84 Å². The Morgan fingerprint density at radius 1 is 1.53 bits per heavy atom. The molecule has 0 heterocycles. The van der Waals surface area contributed by atoms with Crippen molar-refractivity contribution < 1.29 is 8.42 Å². The molecule has 0 bridgehead atoms. The molecule has 114 valence electrons. The van der Waals surface area contributed by atoms with E-state index in [0.29, 0.717) is 12.6 Å². The minimum Gasteiger partial charge on any atom is -0.329 e. The highest BCUT2D eigenvalue weighted by molar-refractivity contribution is 7.98. The van der Waals surface area contributed by atoms with Crippen LogP contribution in [-0.4, -0.2) is 62.0 Å². The van der Waals surface area contributed by atoms with Gasteiger partial charge < -0.3 is 5.73 Å². The first-order valence-electron chi connectivity index (χ1n) is 6.94. The lowest BCUT2D eigenvalue weighted by atomic mass is 9.93. The molecule has 0 aromatic heterocycles. The number of nitrogens with two attached hydrogens (primary N) is 1. The van der Waals surface area contributed by atoms with Crippen molar-refractivity contribution in [1.82, 2.24) is 4.90 Å². The number of thioether (sulfide) groups is 1. The Kier molecular flexibility index (Phi) is 6.17. The second-order valence-electron chi connectivity index (χ2n) is 5.65. The van der Waals surface area contributed by atoms with Crippen molar-refractivity contribution in [3.05, 3.63) is 0 Å². The highest BCUT2D eigenvalue weighted by atomic mass is 32.2. The molecule has 0 amide bonds. The Labute approximate surface area is 122 Å². The van der Waals surface area contributed by atoms with E-state index in [4.69, 9.17) is 5.73 Å². The van der Waals surface area contributed by atoms with E-state index >= 15 is 0 Å². The predicted octanol–water partition coefficient (Wildman–Crippen LogP) is 1.35. The van der Waals surface area contributed by atoms with Crippen molar-refractivity contribution in [2.45, 2.75) is 49.4 Å². The zero-order chi connectivity index (χ0) is 14.7. The van der Waals surface area contributed by atoms with Crippen LogP contribution in [0.25, 0.3) is 0 Å². The Balaban J connectivity index is 3.08. The normalized spacial score (nSPS) is 29.9. The maximum absolute atomic E-state index is 12.1. The fourth-order valence-electron chi connectivity index (χ4n) is 3.48. The van der Waals surface area contributed by atoms with E-state index in [1.54, 1.807) is 0 Å².